The number of pyridine rings is 1. The summed E-state index contributed by atoms with van der Waals surface area (Å²) in [6, 6.07) is 17.3. The number of rotatable bonds is 5. The number of fused-ring (bicyclic) bond motifs is 1. The standard InChI is InChI=1S/C23H22ClN3O2/c1-16-9-10-21(26-15-16)27-13-14-29-22-18(6-4-8-20(22)27)23(28)25-12-11-17-5-2-3-7-19(17)24/h2-10,15H,11-14H2,1H3,(H,25,28). The highest BCUT2D eigenvalue weighted by molar-refractivity contribution is 6.31. The van der Waals surface area contributed by atoms with Crippen LogP contribution in [0.15, 0.2) is 60.8 Å². The lowest BCUT2D eigenvalue weighted by atomic mass is 10.1. The molecular formula is C23H22ClN3O2. The highest BCUT2D eigenvalue weighted by Gasteiger charge is 2.25. The smallest absolute Gasteiger partial charge is 0.255 e. The van der Waals surface area contributed by atoms with Crippen molar-refractivity contribution >= 4 is 29.0 Å². The molecule has 1 amide bonds. The Balaban J connectivity index is 1.51. The monoisotopic (exact) mass is 407 g/mol. The summed E-state index contributed by atoms with van der Waals surface area (Å²) in [6.45, 7) is 3.68. The van der Waals surface area contributed by atoms with Gasteiger partial charge >= 0.3 is 0 Å². The third-order valence-corrected chi connectivity index (χ3v) is 5.27. The van der Waals surface area contributed by atoms with E-state index < -0.39 is 0 Å². The number of nitrogens with one attached hydrogen (secondary N) is 1. The average molecular weight is 408 g/mol. The van der Waals surface area contributed by atoms with Crippen LogP contribution in [0.2, 0.25) is 5.02 Å². The number of hydrogen-bond donors (Lipinski definition) is 1. The molecule has 0 saturated heterocycles. The van der Waals surface area contributed by atoms with Crippen LogP contribution < -0.4 is 15.0 Å². The number of amides is 1. The molecule has 1 N–H and O–H groups in total. The van der Waals surface area contributed by atoms with Gasteiger partial charge in [-0.3, -0.25) is 4.79 Å². The fourth-order valence-electron chi connectivity index (χ4n) is 3.39. The van der Waals surface area contributed by atoms with Crippen molar-refractivity contribution in [1.82, 2.24) is 10.3 Å². The predicted molar refractivity (Wildman–Crippen MR) is 115 cm³/mol. The van der Waals surface area contributed by atoms with Gasteiger partial charge in [-0.25, -0.2) is 4.98 Å². The van der Waals surface area contributed by atoms with E-state index in [4.69, 9.17) is 16.3 Å². The minimum atomic E-state index is -0.160. The van der Waals surface area contributed by atoms with Crippen LogP contribution in [0.25, 0.3) is 0 Å². The van der Waals surface area contributed by atoms with E-state index >= 15 is 0 Å². The SMILES string of the molecule is Cc1ccc(N2CCOc3c(C(=O)NCCc4ccccc4Cl)cccc32)nc1. The van der Waals surface area contributed by atoms with Crippen LogP contribution in [-0.4, -0.2) is 30.6 Å². The molecule has 3 aromatic rings. The van der Waals surface area contributed by atoms with Crippen molar-refractivity contribution < 1.29 is 9.53 Å². The molecule has 1 aromatic heterocycles. The Morgan fingerprint density at radius 1 is 1.17 bits per heavy atom. The number of aromatic nitrogens is 1. The molecular weight excluding hydrogens is 386 g/mol. The second-order valence-corrected chi connectivity index (χ2v) is 7.35. The number of aryl methyl sites for hydroxylation is 1. The maximum absolute atomic E-state index is 12.8. The van der Waals surface area contributed by atoms with E-state index in [2.05, 4.69) is 15.2 Å². The number of benzene rings is 2. The molecule has 0 spiro atoms. The molecule has 148 valence electrons. The van der Waals surface area contributed by atoms with Crippen molar-refractivity contribution in [2.75, 3.05) is 24.6 Å². The molecule has 2 aromatic carbocycles. The van der Waals surface area contributed by atoms with E-state index in [1.54, 1.807) is 6.07 Å². The number of para-hydroxylation sites is 1. The molecule has 1 aliphatic heterocycles. The Labute approximate surface area is 175 Å². The van der Waals surface area contributed by atoms with Gasteiger partial charge in [0.25, 0.3) is 5.91 Å². The molecule has 0 radical (unpaired) electrons. The minimum absolute atomic E-state index is 0.160. The van der Waals surface area contributed by atoms with Gasteiger partial charge in [0.2, 0.25) is 0 Å². The summed E-state index contributed by atoms with van der Waals surface area (Å²) in [4.78, 5) is 19.4. The maximum atomic E-state index is 12.8. The van der Waals surface area contributed by atoms with Crippen LogP contribution in [0.5, 0.6) is 5.75 Å². The lowest BCUT2D eigenvalue weighted by Gasteiger charge is -2.31. The van der Waals surface area contributed by atoms with Crippen LogP contribution in [-0.2, 0) is 6.42 Å². The van der Waals surface area contributed by atoms with Gasteiger partial charge in [0.05, 0.1) is 17.8 Å². The first kappa shape index (κ1) is 19.3. The minimum Gasteiger partial charge on any atom is -0.489 e. The number of carbonyl (C=O) groups is 1. The average Bonchev–Trinajstić information content (AvgIpc) is 2.75. The van der Waals surface area contributed by atoms with Gasteiger partial charge in [0.1, 0.15) is 12.4 Å². The first-order valence-electron chi connectivity index (χ1n) is 9.61. The quantitative estimate of drug-likeness (QED) is 0.674. The summed E-state index contributed by atoms with van der Waals surface area (Å²) in [5, 5.41) is 3.69. The first-order valence-corrected chi connectivity index (χ1v) is 9.99. The number of anilines is 2. The van der Waals surface area contributed by atoms with Crippen LogP contribution in [0.3, 0.4) is 0 Å². The van der Waals surface area contributed by atoms with Crippen molar-refractivity contribution in [3.63, 3.8) is 0 Å². The highest BCUT2D eigenvalue weighted by atomic mass is 35.5. The van der Waals surface area contributed by atoms with Gasteiger partial charge < -0.3 is 15.0 Å². The Morgan fingerprint density at radius 3 is 2.83 bits per heavy atom. The summed E-state index contributed by atoms with van der Waals surface area (Å²) in [7, 11) is 0. The molecule has 0 aliphatic carbocycles. The first-order chi connectivity index (χ1) is 14.1. The second-order valence-electron chi connectivity index (χ2n) is 6.94. The highest BCUT2D eigenvalue weighted by Crippen LogP contribution is 2.38. The van der Waals surface area contributed by atoms with E-state index in [0.29, 0.717) is 42.5 Å². The summed E-state index contributed by atoms with van der Waals surface area (Å²) in [5.41, 5.74) is 3.50. The van der Waals surface area contributed by atoms with E-state index in [0.717, 1.165) is 22.6 Å². The molecule has 2 heterocycles. The van der Waals surface area contributed by atoms with Gasteiger partial charge in [-0.2, -0.15) is 0 Å². The van der Waals surface area contributed by atoms with Gasteiger partial charge in [-0.05, 0) is 48.7 Å². The lowest BCUT2D eigenvalue weighted by Crippen LogP contribution is -2.32. The fraction of sp³-hybridized carbons (Fsp3) is 0.217. The maximum Gasteiger partial charge on any atom is 0.255 e. The summed E-state index contributed by atoms with van der Waals surface area (Å²) >= 11 is 6.19. The zero-order valence-corrected chi connectivity index (χ0v) is 16.9. The summed E-state index contributed by atoms with van der Waals surface area (Å²) < 4.78 is 5.88. The molecule has 5 nitrogen and oxygen atoms in total. The zero-order chi connectivity index (χ0) is 20.2. The zero-order valence-electron chi connectivity index (χ0n) is 16.2. The van der Waals surface area contributed by atoms with Crippen molar-refractivity contribution in [2.45, 2.75) is 13.3 Å². The predicted octanol–water partition coefficient (Wildman–Crippen LogP) is 4.55. The summed E-state index contributed by atoms with van der Waals surface area (Å²) in [6.07, 6.45) is 2.51. The molecule has 4 rings (SSSR count). The van der Waals surface area contributed by atoms with Crippen molar-refractivity contribution in [3.05, 3.63) is 82.5 Å². The fourth-order valence-corrected chi connectivity index (χ4v) is 3.62. The van der Waals surface area contributed by atoms with Gasteiger partial charge in [-0.15, -0.1) is 0 Å². The number of nitrogens with zero attached hydrogens (tertiary/aromatic N) is 2. The van der Waals surface area contributed by atoms with Crippen LogP contribution in [0.4, 0.5) is 11.5 Å². The van der Waals surface area contributed by atoms with Crippen LogP contribution in [0.1, 0.15) is 21.5 Å². The van der Waals surface area contributed by atoms with Crippen LogP contribution >= 0.6 is 11.6 Å². The molecule has 0 unspecified atom stereocenters. The third-order valence-electron chi connectivity index (χ3n) is 4.90. The van der Waals surface area contributed by atoms with E-state index in [-0.39, 0.29) is 5.91 Å². The second kappa shape index (κ2) is 8.53. The van der Waals surface area contributed by atoms with E-state index in [9.17, 15) is 4.79 Å². The van der Waals surface area contributed by atoms with Gasteiger partial charge in [0, 0.05) is 17.8 Å². The molecule has 0 saturated carbocycles. The Kier molecular flexibility index (Phi) is 5.67. The van der Waals surface area contributed by atoms with Crippen molar-refractivity contribution in [3.8, 4) is 5.75 Å². The molecule has 0 bridgehead atoms. The number of ether oxygens (including phenoxy) is 1. The van der Waals surface area contributed by atoms with Crippen LogP contribution in [0, 0.1) is 6.92 Å². The van der Waals surface area contributed by atoms with Crippen molar-refractivity contribution in [1.29, 1.82) is 0 Å². The normalized spacial score (nSPS) is 12.8. The van der Waals surface area contributed by atoms with Crippen molar-refractivity contribution in [2.24, 2.45) is 0 Å². The van der Waals surface area contributed by atoms with Gasteiger partial charge in [-0.1, -0.05) is 41.9 Å². The molecule has 0 fully saturated rings. The Bertz CT molecular complexity index is 1020. The largest absolute Gasteiger partial charge is 0.489 e. The Hall–Kier alpha value is -3.05. The number of hydrogen-bond acceptors (Lipinski definition) is 4. The topological polar surface area (TPSA) is 54.5 Å². The van der Waals surface area contributed by atoms with E-state index in [1.807, 2.05) is 61.7 Å². The molecule has 1 aliphatic rings. The molecule has 29 heavy (non-hydrogen) atoms. The lowest BCUT2D eigenvalue weighted by molar-refractivity contribution is 0.0950. The van der Waals surface area contributed by atoms with Gasteiger partial charge in [0.15, 0.2) is 5.75 Å². The Morgan fingerprint density at radius 2 is 2.03 bits per heavy atom. The molecule has 6 heteroatoms. The number of carbonyl (C=O) groups excluding carboxylic acids is 1. The third kappa shape index (κ3) is 4.20. The van der Waals surface area contributed by atoms with E-state index in [1.165, 1.54) is 0 Å². The summed E-state index contributed by atoms with van der Waals surface area (Å²) in [5.74, 6) is 1.28. The number of halogens is 1. The molecule has 0 atom stereocenters.